The van der Waals surface area contributed by atoms with E-state index in [4.69, 9.17) is 14.6 Å². The number of hydrogen-bond donors (Lipinski definition) is 1. The zero-order valence-corrected chi connectivity index (χ0v) is 14.0. The van der Waals surface area contributed by atoms with Gasteiger partial charge in [0.1, 0.15) is 5.75 Å². The number of hydrogen-bond acceptors (Lipinski definition) is 4. The van der Waals surface area contributed by atoms with Gasteiger partial charge in [0.25, 0.3) is 5.91 Å². The van der Waals surface area contributed by atoms with E-state index >= 15 is 0 Å². The second-order valence-electron chi connectivity index (χ2n) is 5.29. The van der Waals surface area contributed by atoms with Crippen LogP contribution in [0.15, 0.2) is 22.7 Å². The van der Waals surface area contributed by atoms with Crippen LogP contribution in [0.2, 0.25) is 0 Å². The topological polar surface area (TPSA) is 76.1 Å². The molecule has 0 aromatic heterocycles. The van der Waals surface area contributed by atoms with Gasteiger partial charge in [-0.25, -0.2) is 4.79 Å². The summed E-state index contributed by atoms with van der Waals surface area (Å²) in [6.07, 6.45) is -0.978. The van der Waals surface area contributed by atoms with Gasteiger partial charge in [0.05, 0.1) is 19.3 Å². The lowest BCUT2D eigenvalue weighted by Gasteiger charge is -2.31. The summed E-state index contributed by atoms with van der Waals surface area (Å²) in [7, 11) is 0. The Bertz CT molecular complexity index is 575. The van der Waals surface area contributed by atoms with E-state index in [1.165, 1.54) is 4.90 Å². The summed E-state index contributed by atoms with van der Waals surface area (Å²) in [6, 6.07) is 5.15. The number of carboxylic acid groups (broad SMARTS) is 1. The van der Waals surface area contributed by atoms with Gasteiger partial charge in [-0.2, -0.15) is 0 Å². The van der Waals surface area contributed by atoms with Crippen LogP contribution in [-0.2, 0) is 9.53 Å². The number of rotatable bonds is 4. The highest BCUT2D eigenvalue weighted by Gasteiger charge is 2.29. The standard InChI is InChI=1S/C15H18BrNO5/c1-9(2)22-12-6-10(5-11(16)7-12)14(18)17-3-4-21-13(8-17)15(19)20/h5-7,9,13H,3-4,8H2,1-2H3,(H,19,20)/t13-/m0/s1. The monoisotopic (exact) mass is 371 g/mol. The van der Waals surface area contributed by atoms with E-state index < -0.39 is 12.1 Å². The van der Waals surface area contributed by atoms with Crippen LogP contribution >= 0.6 is 15.9 Å². The fourth-order valence-electron chi connectivity index (χ4n) is 2.19. The first-order chi connectivity index (χ1) is 10.4. The highest BCUT2D eigenvalue weighted by molar-refractivity contribution is 9.10. The van der Waals surface area contributed by atoms with Crippen LogP contribution in [0.5, 0.6) is 5.75 Å². The molecular formula is C15H18BrNO5. The second-order valence-corrected chi connectivity index (χ2v) is 6.21. The predicted molar refractivity (Wildman–Crippen MR) is 83.2 cm³/mol. The fraction of sp³-hybridized carbons (Fsp3) is 0.467. The summed E-state index contributed by atoms with van der Waals surface area (Å²) in [6.45, 7) is 4.44. The first-order valence-corrected chi connectivity index (χ1v) is 7.77. The molecule has 1 amide bonds. The van der Waals surface area contributed by atoms with Crippen molar-refractivity contribution >= 4 is 27.8 Å². The second kappa shape index (κ2) is 7.11. The molecule has 1 aliphatic heterocycles. The van der Waals surface area contributed by atoms with Gasteiger partial charge in [0.15, 0.2) is 6.10 Å². The molecule has 7 heteroatoms. The van der Waals surface area contributed by atoms with Gasteiger partial charge in [0.2, 0.25) is 0 Å². The maximum Gasteiger partial charge on any atom is 0.334 e. The maximum atomic E-state index is 12.6. The van der Waals surface area contributed by atoms with Gasteiger partial charge in [-0.05, 0) is 32.0 Å². The van der Waals surface area contributed by atoms with Crippen LogP contribution in [0.25, 0.3) is 0 Å². The lowest BCUT2D eigenvalue weighted by atomic mass is 10.1. The molecule has 0 bridgehead atoms. The van der Waals surface area contributed by atoms with E-state index in [0.29, 0.717) is 17.9 Å². The quantitative estimate of drug-likeness (QED) is 0.877. The molecule has 2 rings (SSSR count). The summed E-state index contributed by atoms with van der Waals surface area (Å²) in [5, 5.41) is 9.01. The fourth-order valence-corrected chi connectivity index (χ4v) is 2.66. The van der Waals surface area contributed by atoms with Crippen molar-refractivity contribution in [3.63, 3.8) is 0 Å². The number of carboxylic acids is 1. The van der Waals surface area contributed by atoms with Crippen molar-refractivity contribution in [2.45, 2.75) is 26.1 Å². The summed E-state index contributed by atoms with van der Waals surface area (Å²) in [5.41, 5.74) is 0.455. The molecule has 6 nitrogen and oxygen atoms in total. The third-order valence-electron chi connectivity index (χ3n) is 3.12. The molecular weight excluding hydrogens is 354 g/mol. The molecule has 1 atom stereocenters. The van der Waals surface area contributed by atoms with Crippen LogP contribution in [0, 0.1) is 0 Å². The summed E-state index contributed by atoms with van der Waals surface area (Å²) in [4.78, 5) is 25.0. The average Bonchev–Trinajstić information content (AvgIpc) is 2.45. The maximum absolute atomic E-state index is 12.6. The summed E-state index contributed by atoms with van der Waals surface area (Å²) >= 11 is 3.36. The molecule has 0 radical (unpaired) electrons. The molecule has 1 aromatic rings. The van der Waals surface area contributed by atoms with Gasteiger partial charge >= 0.3 is 5.97 Å². The third kappa shape index (κ3) is 4.20. The van der Waals surface area contributed by atoms with E-state index in [2.05, 4.69) is 15.9 Å². The number of halogens is 1. The van der Waals surface area contributed by atoms with Crippen molar-refractivity contribution in [3.8, 4) is 5.75 Å². The van der Waals surface area contributed by atoms with Crippen molar-refractivity contribution in [1.29, 1.82) is 0 Å². The van der Waals surface area contributed by atoms with Crippen molar-refractivity contribution in [3.05, 3.63) is 28.2 Å². The normalized spacial score (nSPS) is 18.4. The number of benzene rings is 1. The highest BCUT2D eigenvalue weighted by Crippen LogP contribution is 2.24. The molecule has 1 fully saturated rings. The number of aliphatic carboxylic acids is 1. The van der Waals surface area contributed by atoms with Crippen LogP contribution in [0.1, 0.15) is 24.2 Å². The number of amides is 1. The minimum atomic E-state index is -1.06. The van der Waals surface area contributed by atoms with Crippen LogP contribution in [-0.4, -0.2) is 53.8 Å². The minimum absolute atomic E-state index is 0.00275. The van der Waals surface area contributed by atoms with E-state index in [9.17, 15) is 9.59 Å². The highest BCUT2D eigenvalue weighted by atomic mass is 79.9. The van der Waals surface area contributed by atoms with E-state index in [0.717, 1.165) is 4.47 Å². The van der Waals surface area contributed by atoms with Gasteiger partial charge < -0.3 is 19.5 Å². The number of nitrogens with zero attached hydrogens (tertiary/aromatic N) is 1. The van der Waals surface area contributed by atoms with Gasteiger partial charge in [0, 0.05) is 16.6 Å². The Morgan fingerprint density at radius 2 is 2.14 bits per heavy atom. The van der Waals surface area contributed by atoms with Crippen molar-refractivity contribution in [1.82, 2.24) is 4.90 Å². The molecule has 1 aromatic carbocycles. The lowest BCUT2D eigenvalue weighted by Crippen LogP contribution is -2.48. The number of carbonyl (C=O) groups excluding carboxylic acids is 1. The van der Waals surface area contributed by atoms with Crippen molar-refractivity contribution < 1.29 is 24.2 Å². The Morgan fingerprint density at radius 3 is 2.77 bits per heavy atom. The van der Waals surface area contributed by atoms with E-state index in [-0.39, 0.29) is 25.2 Å². The Labute approximate surface area is 137 Å². The zero-order valence-electron chi connectivity index (χ0n) is 12.4. The predicted octanol–water partition coefficient (Wildman–Crippen LogP) is 2.16. The SMILES string of the molecule is CC(C)Oc1cc(Br)cc(C(=O)N2CCO[C@H](C(=O)O)C2)c1. The first kappa shape index (κ1) is 16.8. The molecule has 0 aliphatic carbocycles. The van der Waals surface area contributed by atoms with Crippen molar-refractivity contribution in [2.24, 2.45) is 0 Å². The van der Waals surface area contributed by atoms with Crippen LogP contribution in [0.3, 0.4) is 0 Å². The Kier molecular flexibility index (Phi) is 5.42. The van der Waals surface area contributed by atoms with Crippen LogP contribution < -0.4 is 4.74 Å². The molecule has 22 heavy (non-hydrogen) atoms. The summed E-state index contributed by atoms with van der Waals surface area (Å²) < 4.78 is 11.5. The number of morpholine rings is 1. The zero-order chi connectivity index (χ0) is 16.3. The molecule has 1 heterocycles. The van der Waals surface area contributed by atoms with Crippen molar-refractivity contribution in [2.75, 3.05) is 19.7 Å². The number of ether oxygens (including phenoxy) is 2. The molecule has 1 N–H and O–H groups in total. The molecule has 120 valence electrons. The van der Waals surface area contributed by atoms with Gasteiger partial charge in [-0.1, -0.05) is 15.9 Å². The third-order valence-corrected chi connectivity index (χ3v) is 3.58. The molecule has 0 saturated carbocycles. The largest absolute Gasteiger partial charge is 0.491 e. The molecule has 1 aliphatic rings. The Balaban J connectivity index is 2.18. The van der Waals surface area contributed by atoms with Gasteiger partial charge in [-0.15, -0.1) is 0 Å². The van der Waals surface area contributed by atoms with E-state index in [1.807, 2.05) is 13.8 Å². The minimum Gasteiger partial charge on any atom is -0.491 e. The lowest BCUT2D eigenvalue weighted by molar-refractivity contribution is -0.154. The molecule has 0 unspecified atom stereocenters. The smallest absolute Gasteiger partial charge is 0.334 e. The van der Waals surface area contributed by atoms with Gasteiger partial charge in [-0.3, -0.25) is 4.79 Å². The Hall–Kier alpha value is -1.60. The summed E-state index contributed by atoms with van der Waals surface area (Å²) in [5.74, 6) is -0.698. The first-order valence-electron chi connectivity index (χ1n) is 6.97. The van der Waals surface area contributed by atoms with E-state index in [1.54, 1.807) is 18.2 Å². The average molecular weight is 372 g/mol. The Morgan fingerprint density at radius 1 is 1.41 bits per heavy atom. The molecule has 1 saturated heterocycles. The number of carbonyl (C=O) groups is 2. The molecule has 0 spiro atoms. The van der Waals surface area contributed by atoms with Crippen LogP contribution in [0.4, 0.5) is 0 Å².